The van der Waals surface area contributed by atoms with Crippen molar-refractivity contribution < 1.29 is 9.21 Å². The highest BCUT2D eigenvalue weighted by Gasteiger charge is 2.08. The van der Waals surface area contributed by atoms with Gasteiger partial charge in [0, 0.05) is 16.3 Å². The Hall–Kier alpha value is -2.76. The van der Waals surface area contributed by atoms with E-state index in [1.807, 2.05) is 31.2 Å². The summed E-state index contributed by atoms with van der Waals surface area (Å²) < 4.78 is 5.67. The lowest BCUT2D eigenvalue weighted by molar-refractivity contribution is -0.119. The minimum absolute atomic E-state index is 0.116. The van der Waals surface area contributed by atoms with Crippen LogP contribution in [0.4, 0.5) is 5.69 Å². The quantitative estimate of drug-likeness (QED) is 0.444. The summed E-state index contributed by atoms with van der Waals surface area (Å²) in [5, 5.41) is 7.99. The van der Waals surface area contributed by atoms with Crippen LogP contribution < -0.4 is 10.7 Å². The second-order valence-corrected chi connectivity index (χ2v) is 6.69. The molecule has 0 atom stereocenters. The van der Waals surface area contributed by atoms with Crippen LogP contribution in [0.1, 0.15) is 11.3 Å². The molecule has 3 rings (SSSR count). The van der Waals surface area contributed by atoms with Gasteiger partial charge in [0.15, 0.2) is 0 Å². The molecule has 1 amide bonds. The van der Waals surface area contributed by atoms with Crippen molar-refractivity contribution in [2.45, 2.75) is 6.92 Å². The molecule has 0 saturated carbocycles. The Labute approximate surface area is 167 Å². The molecule has 0 radical (unpaired) electrons. The molecule has 0 fully saturated rings. The number of nitrogens with one attached hydrogen (secondary N) is 2. The van der Waals surface area contributed by atoms with E-state index in [1.54, 1.807) is 30.3 Å². The molecule has 27 heavy (non-hydrogen) atoms. The van der Waals surface area contributed by atoms with E-state index in [9.17, 15) is 4.79 Å². The number of furan rings is 1. The van der Waals surface area contributed by atoms with Gasteiger partial charge in [-0.2, -0.15) is 5.10 Å². The number of hydrazone groups is 1. The summed E-state index contributed by atoms with van der Waals surface area (Å²) in [6, 6.07) is 16.5. The molecule has 0 saturated heterocycles. The lowest BCUT2D eigenvalue weighted by Crippen LogP contribution is -2.25. The lowest BCUT2D eigenvalue weighted by Gasteiger charge is -2.05. The number of halogens is 2. The van der Waals surface area contributed by atoms with Crippen molar-refractivity contribution in [2.24, 2.45) is 5.10 Å². The Morgan fingerprint density at radius 3 is 2.78 bits per heavy atom. The number of anilines is 1. The van der Waals surface area contributed by atoms with Gasteiger partial charge in [0.2, 0.25) is 0 Å². The van der Waals surface area contributed by atoms with E-state index < -0.39 is 0 Å². The molecule has 0 aliphatic heterocycles. The zero-order valence-corrected chi connectivity index (χ0v) is 16.0. The summed E-state index contributed by atoms with van der Waals surface area (Å²) in [7, 11) is 0. The third-order valence-corrected chi connectivity index (χ3v) is 4.22. The lowest BCUT2D eigenvalue weighted by atomic mass is 10.2. The third kappa shape index (κ3) is 5.36. The van der Waals surface area contributed by atoms with Crippen LogP contribution in [0, 0.1) is 6.92 Å². The molecule has 0 spiro atoms. The molecule has 1 heterocycles. The smallest absolute Gasteiger partial charge is 0.259 e. The van der Waals surface area contributed by atoms with Crippen LogP contribution in [-0.4, -0.2) is 18.7 Å². The fourth-order valence-electron chi connectivity index (χ4n) is 2.40. The van der Waals surface area contributed by atoms with Crippen LogP contribution in [0.2, 0.25) is 10.0 Å². The first-order valence-electron chi connectivity index (χ1n) is 8.19. The molecule has 0 aliphatic carbocycles. The number of carbonyl (C=O) groups excluding carboxylic acids is 1. The number of carbonyl (C=O) groups is 1. The van der Waals surface area contributed by atoms with Gasteiger partial charge in [0.25, 0.3) is 5.91 Å². The summed E-state index contributed by atoms with van der Waals surface area (Å²) >= 11 is 12.1. The molecule has 0 aliphatic rings. The zero-order chi connectivity index (χ0) is 19.2. The van der Waals surface area contributed by atoms with Crippen LogP contribution in [0.15, 0.2) is 64.1 Å². The minimum Gasteiger partial charge on any atom is -0.455 e. The first kappa shape index (κ1) is 19.0. The van der Waals surface area contributed by atoms with Gasteiger partial charge in [-0.05, 0) is 55.0 Å². The Bertz CT molecular complexity index is 983. The summed E-state index contributed by atoms with van der Waals surface area (Å²) in [6.45, 7) is 2.11. The van der Waals surface area contributed by atoms with E-state index in [1.165, 1.54) is 6.21 Å². The number of aryl methyl sites for hydroxylation is 1. The van der Waals surface area contributed by atoms with Crippen molar-refractivity contribution >= 4 is 41.0 Å². The number of benzene rings is 2. The van der Waals surface area contributed by atoms with Gasteiger partial charge in [-0.25, -0.2) is 5.43 Å². The largest absolute Gasteiger partial charge is 0.455 e. The topological polar surface area (TPSA) is 66.6 Å². The Morgan fingerprint density at radius 1 is 1.15 bits per heavy atom. The van der Waals surface area contributed by atoms with Crippen molar-refractivity contribution in [3.8, 4) is 11.3 Å². The summed E-state index contributed by atoms with van der Waals surface area (Å²) in [5.74, 6) is 0.814. The van der Waals surface area contributed by atoms with Crippen LogP contribution in [-0.2, 0) is 4.79 Å². The highest BCUT2D eigenvalue weighted by molar-refractivity contribution is 6.36. The van der Waals surface area contributed by atoms with Gasteiger partial charge in [-0.1, -0.05) is 35.3 Å². The molecule has 1 aromatic heterocycles. The Balaban J connectivity index is 1.54. The normalized spacial score (nSPS) is 10.9. The fraction of sp³-hybridized carbons (Fsp3) is 0.100. The highest BCUT2D eigenvalue weighted by Crippen LogP contribution is 2.31. The van der Waals surface area contributed by atoms with Crippen molar-refractivity contribution in [3.63, 3.8) is 0 Å². The first-order chi connectivity index (χ1) is 13.0. The van der Waals surface area contributed by atoms with E-state index in [0.29, 0.717) is 21.6 Å². The van der Waals surface area contributed by atoms with E-state index >= 15 is 0 Å². The number of rotatable bonds is 6. The Kier molecular flexibility index (Phi) is 6.16. The average Bonchev–Trinajstić information content (AvgIpc) is 3.08. The van der Waals surface area contributed by atoms with Gasteiger partial charge in [0.1, 0.15) is 11.5 Å². The van der Waals surface area contributed by atoms with Crippen molar-refractivity contribution in [3.05, 3.63) is 76.0 Å². The number of hydrogen-bond donors (Lipinski definition) is 2. The van der Waals surface area contributed by atoms with Gasteiger partial charge in [-0.15, -0.1) is 0 Å². The maximum atomic E-state index is 11.8. The maximum absolute atomic E-state index is 11.8. The van der Waals surface area contributed by atoms with E-state index in [2.05, 4.69) is 15.8 Å². The van der Waals surface area contributed by atoms with Crippen molar-refractivity contribution in [2.75, 3.05) is 11.9 Å². The van der Waals surface area contributed by atoms with Gasteiger partial charge >= 0.3 is 0 Å². The molecule has 0 bridgehead atoms. The summed E-state index contributed by atoms with van der Waals surface area (Å²) in [6.07, 6.45) is 1.43. The number of hydrogen-bond acceptors (Lipinski definition) is 4. The highest BCUT2D eigenvalue weighted by atomic mass is 35.5. The van der Waals surface area contributed by atoms with E-state index in [0.717, 1.165) is 16.8 Å². The summed E-state index contributed by atoms with van der Waals surface area (Å²) in [4.78, 5) is 11.8. The van der Waals surface area contributed by atoms with Crippen LogP contribution in [0.5, 0.6) is 0 Å². The molecule has 0 unspecified atom stereocenters. The average molecular weight is 402 g/mol. The standard InChI is InChI=1S/C20H17Cl2N3O2/c1-13-3-2-4-15(9-13)23-12-20(26)25-24-11-16-6-8-19(27-16)17-7-5-14(21)10-18(17)22/h2-11,23H,12H2,1H3,(H,25,26). The molecule has 3 aromatic rings. The predicted molar refractivity (Wildman–Crippen MR) is 110 cm³/mol. The molecule has 5 nitrogen and oxygen atoms in total. The summed E-state index contributed by atoms with van der Waals surface area (Å²) in [5.41, 5.74) is 5.17. The monoisotopic (exact) mass is 401 g/mol. The van der Waals surface area contributed by atoms with Crippen LogP contribution in [0.3, 0.4) is 0 Å². The van der Waals surface area contributed by atoms with Crippen LogP contribution in [0.25, 0.3) is 11.3 Å². The molecule has 7 heteroatoms. The Morgan fingerprint density at radius 2 is 2.00 bits per heavy atom. The second kappa shape index (κ2) is 8.75. The van der Waals surface area contributed by atoms with Gasteiger partial charge in [-0.3, -0.25) is 4.79 Å². The predicted octanol–water partition coefficient (Wildman–Crippen LogP) is 5.12. The molecule has 138 valence electrons. The molecular weight excluding hydrogens is 385 g/mol. The van der Waals surface area contributed by atoms with Gasteiger partial charge < -0.3 is 9.73 Å². The van der Waals surface area contributed by atoms with E-state index in [4.69, 9.17) is 27.6 Å². The third-order valence-electron chi connectivity index (χ3n) is 3.68. The molecule has 2 aromatic carbocycles. The molecule has 2 N–H and O–H groups in total. The fourth-order valence-corrected chi connectivity index (χ4v) is 2.90. The maximum Gasteiger partial charge on any atom is 0.259 e. The number of amides is 1. The zero-order valence-electron chi connectivity index (χ0n) is 14.5. The SMILES string of the molecule is Cc1cccc(NCC(=O)NN=Cc2ccc(-c3ccc(Cl)cc3Cl)o2)c1. The minimum atomic E-state index is -0.264. The van der Waals surface area contributed by atoms with Crippen molar-refractivity contribution in [1.82, 2.24) is 5.43 Å². The van der Waals surface area contributed by atoms with E-state index in [-0.39, 0.29) is 12.5 Å². The first-order valence-corrected chi connectivity index (χ1v) is 8.94. The van der Waals surface area contributed by atoms with Crippen molar-refractivity contribution in [1.29, 1.82) is 0 Å². The molecular formula is C20H17Cl2N3O2. The van der Waals surface area contributed by atoms with Crippen LogP contribution >= 0.6 is 23.2 Å². The number of nitrogens with zero attached hydrogens (tertiary/aromatic N) is 1. The van der Waals surface area contributed by atoms with Gasteiger partial charge in [0.05, 0.1) is 17.8 Å². The second-order valence-electron chi connectivity index (χ2n) is 5.84.